The van der Waals surface area contributed by atoms with Gasteiger partial charge >= 0.3 is 0 Å². The maximum Gasteiger partial charge on any atom is 0.242 e. The number of hydrogen-bond acceptors (Lipinski definition) is 4. The van der Waals surface area contributed by atoms with Gasteiger partial charge in [0.2, 0.25) is 5.91 Å². The molecule has 0 saturated carbocycles. The molecule has 0 unspecified atom stereocenters. The van der Waals surface area contributed by atoms with Gasteiger partial charge in [0.25, 0.3) is 0 Å². The van der Waals surface area contributed by atoms with E-state index in [4.69, 9.17) is 4.74 Å². The summed E-state index contributed by atoms with van der Waals surface area (Å²) in [6.45, 7) is 2.01. The van der Waals surface area contributed by atoms with Crippen LogP contribution in [-0.4, -0.2) is 18.1 Å². The Kier molecular flexibility index (Phi) is 5.80. The van der Waals surface area contributed by atoms with E-state index < -0.39 is 5.92 Å². The smallest absolute Gasteiger partial charge is 0.242 e. The number of benzene rings is 2. The van der Waals surface area contributed by atoms with Gasteiger partial charge in [0.05, 0.1) is 13.2 Å². The number of nitriles is 1. The summed E-state index contributed by atoms with van der Waals surface area (Å²) in [5.74, 6) is -0.827. The molecule has 0 spiro atoms. The molecule has 1 amide bonds. The van der Waals surface area contributed by atoms with E-state index in [0.29, 0.717) is 5.75 Å². The molecule has 0 aliphatic carbocycles. The number of rotatable bonds is 6. The quantitative estimate of drug-likeness (QED) is 0.854. The van der Waals surface area contributed by atoms with E-state index in [0.717, 1.165) is 23.2 Å². The summed E-state index contributed by atoms with van der Waals surface area (Å²) in [4.78, 5) is 12.4. The standard InChI is InChI=1S/C19H20N2O3/c1-3-14-6-4-5-7-16(14)21-19(23)15(12-20)10-13-8-9-17(22)18(11-13)24-2/h4-9,11,15,22H,3,10H2,1-2H3,(H,21,23)/t15-/m1/s1. The minimum absolute atomic E-state index is 0.0242. The third-order valence-electron chi connectivity index (χ3n) is 3.81. The molecule has 0 aliphatic rings. The van der Waals surface area contributed by atoms with Crippen molar-refractivity contribution >= 4 is 11.6 Å². The van der Waals surface area contributed by atoms with Crippen LogP contribution in [0.2, 0.25) is 0 Å². The Morgan fingerprint density at radius 2 is 2.08 bits per heavy atom. The molecule has 0 saturated heterocycles. The highest BCUT2D eigenvalue weighted by Crippen LogP contribution is 2.27. The molecule has 5 nitrogen and oxygen atoms in total. The molecule has 0 radical (unpaired) electrons. The SMILES string of the molecule is CCc1ccccc1NC(=O)[C@@H](C#N)Cc1ccc(O)c(OC)c1. The zero-order chi connectivity index (χ0) is 17.5. The fourth-order valence-electron chi connectivity index (χ4n) is 2.45. The van der Waals surface area contributed by atoms with Crippen molar-refractivity contribution in [2.75, 3.05) is 12.4 Å². The van der Waals surface area contributed by atoms with Crippen LogP contribution in [0, 0.1) is 17.2 Å². The molecular weight excluding hydrogens is 304 g/mol. The number of methoxy groups -OCH3 is 1. The lowest BCUT2D eigenvalue weighted by molar-refractivity contribution is -0.118. The number of aryl methyl sites for hydroxylation is 1. The Morgan fingerprint density at radius 3 is 2.75 bits per heavy atom. The number of para-hydroxylation sites is 1. The lowest BCUT2D eigenvalue weighted by Crippen LogP contribution is -2.24. The predicted molar refractivity (Wildman–Crippen MR) is 91.9 cm³/mol. The van der Waals surface area contributed by atoms with Crippen LogP contribution in [0.15, 0.2) is 42.5 Å². The summed E-state index contributed by atoms with van der Waals surface area (Å²) in [7, 11) is 1.45. The first-order valence-electron chi connectivity index (χ1n) is 7.73. The summed E-state index contributed by atoms with van der Waals surface area (Å²) in [6.07, 6.45) is 1.04. The van der Waals surface area contributed by atoms with Crippen molar-refractivity contribution in [3.05, 3.63) is 53.6 Å². The number of aromatic hydroxyl groups is 1. The van der Waals surface area contributed by atoms with Gasteiger partial charge in [0.1, 0.15) is 5.92 Å². The highest BCUT2D eigenvalue weighted by Gasteiger charge is 2.20. The van der Waals surface area contributed by atoms with Crippen molar-refractivity contribution in [1.82, 2.24) is 0 Å². The number of ether oxygens (including phenoxy) is 1. The van der Waals surface area contributed by atoms with Crippen LogP contribution in [0.5, 0.6) is 11.5 Å². The number of hydrogen-bond donors (Lipinski definition) is 2. The minimum atomic E-state index is -0.829. The largest absolute Gasteiger partial charge is 0.504 e. The highest BCUT2D eigenvalue weighted by atomic mass is 16.5. The fourth-order valence-corrected chi connectivity index (χ4v) is 2.45. The second-order valence-electron chi connectivity index (χ2n) is 5.39. The molecule has 5 heteroatoms. The number of carbonyl (C=O) groups excluding carboxylic acids is 1. The van der Waals surface area contributed by atoms with Gasteiger partial charge in [0, 0.05) is 5.69 Å². The predicted octanol–water partition coefficient (Wildman–Crippen LogP) is 3.28. The number of carbonyl (C=O) groups is 1. The monoisotopic (exact) mass is 324 g/mol. The van der Waals surface area contributed by atoms with Crippen molar-refractivity contribution in [2.24, 2.45) is 5.92 Å². The average Bonchev–Trinajstić information content (AvgIpc) is 2.61. The van der Waals surface area contributed by atoms with Crippen molar-refractivity contribution < 1.29 is 14.6 Å². The van der Waals surface area contributed by atoms with Gasteiger partial charge in [-0.2, -0.15) is 5.26 Å². The second kappa shape index (κ2) is 8.02. The first kappa shape index (κ1) is 17.4. The third kappa shape index (κ3) is 4.05. The number of nitrogens with zero attached hydrogens (tertiary/aromatic N) is 1. The second-order valence-corrected chi connectivity index (χ2v) is 5.39. The minimum Gasteiger partial charge on any atom is -0.504 e. The van der Waals surface area contributed by atoms with Crippen LogP contribution in [0.1, 0.15) is 18.1 Å². The average molecular weight is 324 g/mol. The lowest BCUT2D eigenvalue weighted by atomic mass is 9.99. The molecule has 0 fully saturated rings. The van der Waals surface area contributed by atoms with E-state index in [1.165, 1.54) is 13.2 Å². The third-order valence-corrected chi connectivity index (χ3v) is 3.81. The molecule has 0 aliphatic heterocycles. The molecule has 0 bridgehead atoms. The first-order valence-corrected chi connectivity index (χ1v) is 7.73. The summed E-state index contributed by atoms with van der Waals surface area (Å²) in [5, 5.41) is 21.8. The summed E-state index contributed by atoms with van der Waals surface area (Å²) < 4.78 is 5.05. The molecule has 2 rings (SSSR count). The highest BCUT2D eigenvalue weighted by molar-refractivity contribution is 5.95. The van der Waals surface area contributed by atoms with E-state index in [2.05, 4.69) is 5.32 Å². The number of phenols is 1. The first-order chi connectivity index (χ1) is 11.6. The number of nitrogens with one attached hydrogen (secondary N) is 1. The molecule has 2 aromatic rings. The van der Waals surface area contributed by atoms with Gasteiger partial charge < -0.3 is 15.2 Å². The zero-order valence-corrected chi connectivity index (χ0v) is 13.7. The number of phenolic OH excluding ortho intramolecular Hbond substituents is 1. The van der Waals surface area contributed by atoms with Gasteiger partial charge in [-0.1, -0.05) is 31.2 Å². The van der Waals surface area contributed by atoms with Crippen molar-refractivity contribution in [3.8, 4) is 17.6 Å². The molecule has 124 valence electrons. The summed E-state index contributed by atoms with van der Waals surface area (Å²) >= 11 is 0. The van der Waals surface area contributed by atoms with Crippen LogP contribution < -0.4 is 10.1 Å². The van der Waals surface area contributed by atoms with Crippen molar-refractivity contribution in [2.45, 2.75) is 19.8 Å². The fraction of sp³-hybridized carbons (Fsp3) is 0.263. The maximum atomic E-state index is 12.4. The van der Waals surface area contributed by atoms with Gasteiger partial charge in [0.15, 0.2) is 11.5 Å². The summed E-state index contributed by atoms with van der Waals surface area (Å²) in [5.41, 5.74) is 2.50. The molecule has 24 heavy (non-hydrogen) atoms. The molecule has 0 heterocycles. The summed E-state index contributed by atoms with van der Waals surface area (Å²) in [6, 6.07) is 14.4. The van der Waals surface area contributed by atoms with E-state index >= 15 is 0 Å². The van der Waals surface area contributed by atoms with Crippen molar-refractivity contribution in [1.29, 1.82) is 5.26 Å². The van der Waals surface area contributed by atoms with Gasteiger partial charge in [-0.15, -0.1) is 0 Å². The number of anilines is 1. The van der Waals surface area contributed by atoms with E-state index in [-0.39, 0.29) is 18.1 Å². The molecule has 1 atom stereocenters. The topological polar surface area (TPSA) is 82.4 Å². The molecule has 2 N–H and O–H groups in total. The normalized spacial score (nSPS) is 11.4. The van der Waals surface area contributed by atoms with Crippen molar-refractivity contribution in [3.63, 3.8) is 0 Å². The molecule has 0 aromatic heterocycles. The Hall–Kier alpha value is -3.00. The van der Waals surface area contributed by atoms with Gasteiger partial charge in [-0.05, 0) is 42.2 Å². The Balaban J connectivity index is 2.13. The van der Waals surface area contributed by atoms with E-state index in [1.807, 2.05) is 37.3 Å². The van der Waals surface area contributed by atoms with Crippen LogP contribution in [0.3, 0.4) is 0 Å². The zero-order valence-electron chi connectivity index (χ0n) is 13.7. The van der Waals surface area contributed by atoms with Gasteiger partial charge in [-0.3, -0.25) is 4.79 Å². The molecular formula is C19H20N2O3. The van der Waals surface area contributed by atoms with Crippen LogP contribution in [0.4, 0.5) is 5.69 Å². The van der Waals surface area contributed by atoms with Crippen LogP contribution in [-0.2, 0) is 17.6 Å². The lowest BCUT2D eigenvalue weighted by Gasteiger charge is -2.13. The Labute approximate surface area is 141 Å². The Bertz CT molecular complexity index is 765. The van der Waals surface area contributed by atoms with Crippen LogP contribution >= 0.6 is 0 Å². The van der Waals surface area contributed by atoms with Crippen LogP contribution in [0.25, 0.3) is 0 Å². The maximum absolute atomic E-state index is 12.4. The van der Waals surface area contributed by atoms with E-state index in [9.17, 15) is 15.2 Å². The molecule has 2 aromatic carbocycles. The van der Waals surface area contributed by atoms with Gasteiger partial charge in [-0.25, -0.2) is 0 Å². The Morgan fingerprint density at radius 1 is 1.33 bits per heavy atom. The van der Waals surface area contributed by atoms with E-state index in [1.54, 1.807) is 12.1 Å². The number of amides is 1.